The molecule has 0 saturated carbocycles. The first-order chi connectivity index (χ1) is 4.70. The molecule has 1 unspecified atom stereocenters. The van der Waals surface area contributed by atoms with E-state index < -0.39 is 0 Å². The fourth-order valence-corrected chi connectivity index (χ4v) is 0.693. The number of Topliss-reactive ketones (excluding diaryl/α,β-unsaturated/α-hetero) is 1. The Balaban J connectivity index is 3.49. The van der Waals surface area contributed by atoms with E-state index in [0.29, 0.717) is 12.3 Å². The summed E-state index contributed by atoms with van der Waals surface area (Å²) in [5.74, 6) is 0.498. The monoisotopic (exact) mass is 139 g/mol. The summed E-state index contributed by atoms with van der Waals surface area (Å²) < 4.78 is 0. The zero-order chi connectivity index (χ0) is 7.98. The molecule has 0 radical (unpaired) electrons. The number of nitriles is 1. The van der Waals surface area contributed by atoms with E-state index in [2.05, 4.69) is 0 Å². The molecule has 0 saturated heterocycles. The number of rotatable bonds is 4. The number of hydrogen-bond donors (Lipinski definition) is 0. The first-order valence-electron chi connectivity index (χ1n) is 3.59. The van der Waals surface area contributed by atoms with Crippen molar-refractivity contribution in [3.8, 4) is 6.07 Å². The van der Waals surface area contributed by atoms with E-state index in [1.54, 1.807) is 0 Å². The first kappa shape index (κ1) is 9.16. The number of hydrogen-bond acceptors (Lipinski definition) is 2. The minimum absolute atomic E-state index is 0.0665. The van der Waals surface area contributed by atoms with Gasteiger partial charge in [-0.25, -0.2) is 0 Å². The molecule has 0 aromatic heterocycles. The summed E-state index contributed by atoms with van der Waals surface area (Å²) in [5.41, 5.74) is 0. The Kier molecular flexibility index (Phi) is 4.57. The van der Waals surface area contributed by atoms with Gasteiger partial charge in [0, 0.05) is 6.42 Å². The molecular formula is C8H13NO. The van der Waals surface area contributed by atoms with Crippen molar-refractivity contribution in [1.29, 1.82) is 5.26 Å². The van der Waals surface area contributed by atoms with Gasteiger partial charge in [-0.05, 0) is 5.92 Å². The molecule has 0 aliphatic rings. The van der Waals surface area contributed by atoms with Crippen molar-refractivity contribution < 1.29 is 4.79 Å². The predicted octanol–water partition coefficient (Wildman–Crippen LogP) is 1.91. The fourth-order valence-electron chi connectivity index (χ4n) is 0.693. The molecule has 1 atom stereocenters. The zero-order valence-corrected chi connectivity index (χ0v) is 6.55. The zero-order valence-electron chi connectivity index (χ0n) is 6.55. The van der Waals surface area contributed by atoms with Gasteiger partial charge in [-0.2, -0.15) is 5.26 Å². The molecule has 2 heteroatoms. The normalized spacial score (nSPS) is 12.1. The van der Waals surface area contributed by atoms with E-state index in [9.17, 15) is 4.79 Å². The third-order valence-electron chi connectivity index (χ3n) is 1.55. The summed E-state index contributed by atoms with van der Waals surface area (Å²) >= 11 is 0. The van der Waals surface area contributed by atoms with Gasteiger partial charge in [0.05, 0.1) is 12.5 Å². The van der Waals surface area contributed by atoms with Crippen LogP contribution in [-0.4, -0.2) is 5.78 Å². The lowest BCUT2D eigenvalue weighted by Crippen LogP contribution is -2.03. The number of carbonyl (C=O) groups is 1. The van der Waals surface area contributed by atoms with Crippen LogP contribution in [0.25, 0.3) is 0 Å². The van der Waals surface area contributed by atoms with Crippen molar-refractivity contribution in [2.75, 3.05) is 0 Å². The quantitative estimate of drug-likeness (QED) is 0.597. The summed E-state index contributed by atoms with van der Waals surface area (Å²) in [5, 5.41) is 8.15. The van der Waals surface area contributed by atoms with Gasteiger partial charge in [0.25, 0.3) is 0 Å². The average Bonchev–Trinajstić information content (AvgIpc) is 1.88. The van der Waals surface area contributed by atoms with Crippen LogP contribution in [0.3, 0.4) is 0 Å². The minimum atomic E-state index is 0.0665. The third-order valence-corrected chi connectivity index (χ3v) is 1.55. The van der Waals surface area contributed by atoms with E-state index in [1.165, 1.54) is 0 Å². The number of ketones is 1. The lowest BCUT2D eigenvalue weighted by molar-refractivity contribution is -0.118. The third kappa shape index (κ3) is 4.08. The van der Waals surface area contributed by atoms with E-state index in [0.717, 1.165) is 6.42 Å². The molecular weight excluding hydrogens is 126 g/mol. The Morgan fingerprint density at radius 2 is 2.30 bits per heavy atom. The van der Waals surface area contributed by atoms with Crippen LogP contribution >= 0.6 is 0 Å². The Labute approximate surface area is 61.8 Å². The second-order valence-electron chi connectivity index (χ2n) is 2.59. The maximum absolute atomic E-state index is 10.8. The second-order valence-corrected chi connectivity index (χ2v) is 2.59. The molecule has 0 aliphatic heterocycles. The number of nitrogens with zero attached hydrogens (tertiary/aromatic N) is 1. The van der Waals surface area contributed by atoms with Crippen molar-refractivity contribution in [1.82, 2.24) is 0 Å². The molecule has 0 heterocycles. The van der Waals surface area contributed by atoms with Gasteiger partial charge in [-0.3, -0.25) is 4.79 Å². The summed E-state index contributed by atoms with van der Waals surface area (Å²) in [6.07, 6.45) is 1.64. The van der Waals surface area contributed by atoms with Gasteiger partial charge in [0.1, 0.15) is 5.78 Å². The largest absolute Gasteiger partial charge is 0.299 e. The minimum Gasteiger partial charge on any atom is -0.299 e. The lowest BCUT2D eigenvalue weighted by Gasteiger charge is -2.03. The van der Waals surface area contributed by atoms with Gasteiger partial charge >= 0.3 is 0 Å². The maximum atomic E-state index is 10.8. The fraction of sp³-hybridized carbons (Fsp3) is 0.750. The molecule has 0 aromatic rings. The topological polar surface area (TPSA) is 40.9 Å². The van der Waals surface area contributed by atoms with Gasteiger partial charge in [0.15, 0.2) is 0 Å². The van der Waals surface area contributed by atoms with Crippen LogP contribution in [0.5, 0.6) is 0 Å². The Morgan fingerprint density at radius 1 is 1.70 bits per heavy atom. The van der Waals surface area contributed by atoms with Gasteiger partial charge in [0.2, 0.25) is 0 Å². The lowest BCUT2D eigenvalue weighted by atomic mass is 10.0. The van der Waals surface area contributed by atoms with Crippen LogP contribution in [0.4, 0.5) is 0 Å². The second kappa shape index (κ2) is 4.99. The first-order valence-corrected chi connectivity index (χ1v) is 3.59. The summed E-state index contributed by atoms with van der Waals surface area (Å²) in [4.78, 5) is 10.8. The molecule has 2 nitrogen and oxygen atoms in total. The van der Waals surface area contributed by atoms with Crippen LogP contribution in [0, 0.1) is 17.2 Å². The highest BCUT2D eigenvalue weighted by atomic mass is 16.1. The highest BCUT2D eigenvalue weighted by Crippen LogP contribution is 2.07. The summed E-state index contributed by atoms with van der Waals surface area (Å²) in [6.45, 7) is 4.07. The van der Waals surface area contributed by atoms with Crippen LogP contribution in [-0.2, 0) is 4.79 Å². The molecule has 0 N–H and O–H groups in total. The Hall–Kier alpha value is -0.840. The summed E-state index contributed by atoms with van der Waals surface area (Å²) in [7, 11) is 0. The average molecular weight is 139 g/mol. The van der Waals surface area contributed by atoms with Crippen LogP contribution in [0.1, 0.15) is 33.1 Å². The SMILES string of the molecule is CCC(C)CC(=O)CC#N. The maximum Gasteiger partial charge on any atom is 0.147 e. The van der Waals surface area contributed by atoms with Crippen LogP contribution < -0.4 is 0 Å². The molecule has 0 fully saturated rings. The Morgan fingerprint density at radius 3 is 2.70 bits per heavy atom. The Bertz CT molecular complexity index is 146. The van der Waals surface area contributed by atoms with Gasteiger partial charge < -0.3 is 0 Å². The highest BCUT2D eigenvalue weighted by Gasteiger charge is 2.05. The molecule has 56 valence electrons. The van der Waals surface area contributed by atoms with Gasteiger partial charge in [-0.15, -0.1) is 0 Å². The molecule has 0 amide bonds. The van der Waals surface area contributed by atoms with Crippen molar-refractivity contribution >= 4 is 5.78 Å². The smallest absolute Gasteiger partial charge is 0.147 e. The van der Waals surface area contributed by atoms with Crippen molar-refractivity contribution in [2.45, 2.75) is 33.1 Å². The standard InChI is InChI=1S/C8H13NO/c1-3-7(2)6-8(10)4-5-9/h7H,3-4,6H2,1-2H3. The molecule has 0 spiro atoms. The molecule has 0 rings (SSSR count). The molecule has 10 heavy (non-hydrogen) atoms. The van der Waals surface area contributed by atoms with E-state index in [-0.39, 0.29) is 12.2 Å². The molecule has 0 aromatic carbocycles. The number of carbonyl (C=O) groups excluding carboxylic acids is 1. The van der Waals surface area contributed by atoms with Crippen LogP contribution in [0.2, 0.25) is 0 Å². The van der Waals surface area contributed by atoms with Crippen molar-refractivity contribution in [2.24, 2.45) is 5.92 Å². The molecule has 0 aliphatic carbocycles. The van der Waals surface area contributed by atoms with Crippen LogP contribution in [0.15, 0.2) is 0 Å². The van der Waals surface area contributed by atoms with E-state index in [4.69, 9.17) is 5.26 Å². The van der Waals surface area contributed by atoms with Gasteiger partial charge in [-0.1, -0.05) is 20.3 Å². The van der Waals surface area contributed by atoms with Crippen molar-refractivity contribution in [3.63, 3.8) is 0 Å². The van der Waals surface area contributed by atoms with E-state index >= 15 is 0 Å². The van der Waals surface area contributed by atoms with Crippen molar-refractivity contribution in [3.05, 3.63) is 0 Å². The predicted molar refractivity (Wildman–Crippen MR) is 39.3 cm³/mol. The molecule has 0 bridgehead atoms. The highest BCUT2D eigenvalue weighted by molar-refractivity contribution is 5.80. The van der Waals surface area contributed by atoms with E-state index in [1.807, 2.05) is 19.9 Å². The summed E-state index contributed by atoms with van der Waals surface area (Å²) in [6, 6.07) is 1.85.